The maximum Gasteiger partial charge on any atom is 0.328 e. The van der Waals surface area contributed by atoms with Gasteiger partial charge in [0.15, 0.2) is 0 Å². The molecule has 10 heteroatoms. The van der Waals surface area contributed by atoms with Crippen molar-refractivity contribution in [2.75, 3.05) is 18.6 Å². The van der Waals surface area contributed by atoms with Crippen LogP contribution in [0.3, 0.4) is 0 Å². The number of aliphatic carboxylic acids is 1. The van der Waals surface area contributed by atoms with Gasteiger partial charge in [-0.05, 0) is 30.1 Å². The number of hydrogen-bond acceptors (Lipinski definition) is 6. The molecule has 1 aromatic carbocycles. The molecule has 3 unspecified atom stereocenters. The van der Waals surface area contributed by atoms with Gasteiger partial charge in [-0.2, -0.15) is 11.8 Å². The molecular weight excluding hydrogens is 396 g/mol. The number of para-hydroxylation sites is 1. The summed E-state index contributed by atoms with van der Waals surface area (Å²) >= 11 is 1.56. The summed E-state index contributed by atoms with van der Waals surface area (Å²) in [5.74, 6) is -1.87. The Balaban J connectivity index is 2.21. The molecule has 0 aliphatic heterocycles. The first kappa shape index (κ1) is 22.7. The predicted molar refractivity (Wildman–Crippen MR) is 112 cm³/mol. The van der Waals surface area contributed by atoms with Crippen LogP contribution in [0.4, 0.5) is 0 Å². The predicted octanol–water partition coefficient (Wildman–Crippen LogP) is -0.163. The smallest absolute Gasteiger partial charge is 0.328 e. The molecule has 9 nitrogen and oxygen atoms in total. The highest BCUT2D eigenvalue weighted by atomic mass is 32.2. The van der Waals surface area contributed by atoms with E-state index in [-0.39, 0.29) is 6.42 Å². The molecule has 2 amide bonds. The average Bonchev–Trinajstić information content (AvgIpc) is 3.12. The van der Waals surface area contributed by atoms with E-state index in [1.807, 2.05) is 30.5 Å². The summed E-state index contributed by atoms with van der Waals surface area (Å²) in [4.78, 5) is 39.4. The summed E-state index contributed by atoms with van der Waals surface area (Å²) in [7, 11) is 0. The van der Waals surface area contributed by atoms with Crippen LogP contribution in [-0.2, 0) is 20.8 Å². The number of carbonyl (C=O) groups excluding carboxylic acids is 2. The van der Waals surface area contributed by atoms with E-state index in [1.165, 1.54) is 0 Å². The Morgan fingerprint density at radius 2 is 1.86 bits per heavy atom. The van der Waals surface area contributed by atoms with Gasteiger partial charge < -0.3 is 31.6 Å². The fourth-order valence-electron chi connectivity index (χ4n) is 2.84. The van der Waals surface area contributed by atoms with Gasteiger partial charge in [0.1, 0.15) is 12.1 Å². The second-order valence-corrected chi connectivity index (χ2v) is 7.58. The van der Waals surface area contributed by atoms with Gasteiger partial charge in [0, 0.05) is 23.5 Å². The molecule has 0 radical (unpaired) electrons. The number of carboxylic acid groups (broad SMARTS) is 1. The first-order valence-corrected chi connectivity index (χ1v) is 10.5. The molecule has 0 fully saturated rings. The zero-order chi connectivity index (χ0) is 21.4. The number of rotatable bonds is 11. The van der Waals surface area contributed by atoms with E-state index < -0.39 is 42.5 Å². The van der Waals surface area contributed by atoms with Gasteiger partial charge >= 0.3 is 5.97 Å². The SMILES string of the molecule is CSCCC(N)C(=O)NC(Cc1c[nH]c2ccccc12)C(=O)NC(CO)C(=O)O. The lowest BCUT2D eigenvalue weighted by Crippen LogP contribution is -2.56. The normalized spacial score (nSPS) is 14.2. The Labute approximate surface area is 172 Å². The van der Waals surface area contributed by atoms with Crippen LogP contribution in [0.2, 0.25) is 0 Å². The average molecular weight is 423 g/mol. The topological polar surface area (TPSA) is 158 Å². The number of H-pyrrole nitrogens is 1. The number of fused-ring (bicyclic) bond motifs is 1. The van der Waals surface area contributed by atoms with Crippen LogP contribution in [0.1, 0.15) is 12.0 Å². The van der Waals surface area contributed by atoms with E-state index in [0.29, 0.717) is 12.2 Å². The summed E-state index contributed by atoms with van der Waals surface area (Å²) in [6.07, 6.45) is 4.22. The van der Waals surface area contributed by atoms with Crippen molar-refractivity contribution in [1.29, 1.82) is 0 Å². The molecule has 7 N–H and O–H groups in total. The molecule has 0 aliphatic rings. The van der Waals surface area contributed by atoms with Gasteiger partial charge in [-0.1, -0.05) is 18.2 Å². The minimum absolute atomic E-state index is 0.134. The lowest BCUT2D eigenvalue weighted by molar-refractivity contribution is -0.143. The second-order valence-electron chi connectivity index (χ2n) is 6.59. The Hall–Kier alpha value is -2.56. The third-order valence-corrected chi connectivity index (χ3v) is 5.14. The molecule has 2 rings (SSSR count). The zero-order valence-corrected chi connectivity index (χ0v) is 16.9. The number of amides is 2. The first-order valence-electron chi connectivity index (χ1n) is 9.11. The molecule has 1 heterocycles. The van der Waals surface area contributed by atoms with Gasteiger partial charge in [0.2, 0.25) is 11.8 Å². The number of thioether (sulfide) groups is 1. The molecule has 158 valence electrons. The number of carboxylic acids is 1. The van der Waals surface area contributed by atoms with E-state index >= 15 is 0 Å². The number of aromatic amines is 1. The van der Waals surface area contributed by atoms with E-state index in [0.717, 1.165) is 16.5 Å². The van der Waals surface area contributed by atoms with Crippen molar-refractivity contribution in [3.8, 4) is 0 Å². The van der Waals surface area contributed by atoms with E-state index in [2.05, 4.69) is 15.6 Å². The monoisotopic (exact) mass is 422 g/mol. The Bertz CT molecular complexity index is 856. The van der Waals surface area contributed by atoms with Crippen molar-refractivity contribution in [1.82, 2.24) is 15.6 Å². The fraction of sp³-hybridized carbons (Fsp3) is 0.421. The number of aliphatic hydroxyl groups is 1. The van der Waals surface area contributed by atoms with Crippen molar-refractivity contribution in [3.05, 3.63) is 36.0 Å². The van der Waals surface area contributed by atoms with Gasteiger partial charge in [-0.15, -0.1) is 0 Å². The summed E-state index contributed by atoms with van der Waals surface area (Å²) in [5.41, 5.74) is 7.56. The maximum absolute atomic E-state index is 12.7. The molecule has 0 aliphatic carbocycles. The van der Waals surface area contributed by atoms with Gasteiger partial charge in [-0.25, -0.2) is 4.79 Å². The minimum Gasteiger partial charge on any atom is -0.480 e. The molecule has 2 aromatic rings. The standard InChI is InChI=1S/C19H26N4O5S/c1-29-7-6-13(20)17(25)22-15(18(26)23-16(10-24)19(27)28)8-11-9-21-14-5-3-2-4-12(11)14/h2-5,9,13,15-16,21,24H,6-8,10,20H2,1H3,(H,22,25)(H,23,26)(H,27,28). The number of aliphatic hydroxyl groups excluding tert-OH is 1. The highest BCUT2D eigenvalue weighted by molar-refractivity contribution is 7.98. The molecule has 0 spiro atoms. The third-order valence-electron chi connectivity index (χ3n) is 4.50. The van der Waals surface area contributed by atoms with Crippen molar-refractivity contribution in [3.63, 3.8) is 0 Å². The summed E-state index contributed by atoms with van der Waals surface area (Å²) in [5, 5.41) is 24.0. The highest BCUT2D eigenvalue weighted by Crippen LogP contribution is 2.19. The van der Waals surface area contributed by atoms with Crippen molar-refractivity contribution in [2.45, 2.75) is 31.0 Å². The van der Waals surface area contributed by atoms with E-state index in [1.54, 1.807) is 18.0 Å². The Kier molecular flexibility index (Phi) is 8.50. The molecule has 0 bridgehead atoms. The largest absolute Gasteiger partial charge is 0.480 e. The van der Waals surface area contributed by atoms with Crippen LogP contribution in [0.25, 0.3) is 10.9 Å². The van der Waals surface area contributed by atoms with Crippen molar-refractivity contribution >= 4 is 40.4 Å². The number of aromatic nitrogens is 1. The van der Waals surface area contributed by atoms with Crippen molar-refractivity contribution in [2.24, 2.45) is 5.73 Å². The quantitative estimate of drug-likeness (QED) is 0.294. The Morgan fingerprint density at radius 3 is 2.52 bits per heavy atom. The number of benzene rings is 1. The summed E-state index contributed by atoms with van der Waals surface area (Å²) in [6, 6.07) is 4.21. The number of hydrogen-bond donors (Lipinski definition) is 6. The van der Waals surface area contributed by atoms with Crippen LogP contribution >= 0.6 is 11.8 Å². The van der Waals surface area contributed by atoms with Crippen LogP contribution in [0.15, 0.2) is 30.5 Å². The molecule has 29 heavy (non-hydrogen) atoms. The lowest BCUT2D eigenvalue weighted by atomic mass is 10.0. The van der Waals surface area contributed by atoms with Gasteiger partial charge in [0.25, 0.3) is 0 Å². The van der Waals surface area contributed by atoms with E-state index in [4.69, 9.17) is 10.8 Å². The van der Waals surface area contributed by atoms with Gasteiger partial charge in [0.05, 0.1) is 12.6 Å². The maximum atomic E-state index is 12.7. The van der Waals surface area contributed by atoms with Crippen LogP contribution < -0.4 is 16.4 Å². The molecule has 1 aromatic heterocycles. The van der Waals surface area contributed by atoms with Gasteiger partial charge in [-0.3, -0.25) is 9.59 Å². The first-order chi connectivity index (χ1) is 13.9. The van der Waals surface area contributed by atoms with Crippen LogP contribution in [0, 0.1) is 0 Å². The number of carbonyl (C=O) groups is 3. The summed E-state index contributed by atoms with van der Waals surface area (Å²) < 4.78 is 0. The zero-order valence-electron chi connectivity index (χ0n) is 16.1. The summed E-state index contributed by atoms with van der Waals surface area (Å²) in [6.45, 7) is -0.762. The molecule has 0 saturated heterocycles. The molecule has 0 saturated carbocycles. The lowest BCUT2D eigenvalue weighted by Gasteiger charge is -2.22. The van der Waals surface area contributed by atoms with E-state index in [9.17, 15) is 19.5 Å². The number of nitrogens with one attached hydrogen (secondary N) is 3. The van der Waals surface area contributed by atoms with Crippen LogP contribution in [0.5, 0.6) is 0 Å². The Morgan fingerprint density at radius 1 is 1.17 bits per heavy atom. The third kappa shape index (κ3) is 6.21. The molecule has 3 atom stereocenters. The van der Waals surface area contributed by atoms with Crippen LogP contribution in [-0.4, -0.2) is 69.7 Å². The molecular formula is C19H26N4O5S. The highest BCUT2D eigenvalue weighted by Gasteiger charge is 2.28. The number of nitrogens with two attached hydrogens (primary N) is 1. The fourth-order valence-corrected chi connectivity index (χ4v) is 3.33. The second kappa shape index (κ2) is 10.8. The minimum atomic E-state index is -1.46. The van der Waals surface area contributed by atoms with Crippen molar-refractivity contribution < 1.29 is 24.6 Å².